The molecule has 0 N–H and O–H groups in total. The fourth-order valence-corrected chi connectivity index (χ4v) is 2.79. The van der Waals surface area contributed by atoms with Crippen LogP contribution in [0.5, 0.6) is 0 Å². The maximum absolute atomic E-state index is 11.7. The molecule has 1 aromatic carbocycles. The summed E-state index contributed by atoms with van der Waals surface area (Å²) >= 11 is 0. The molecule has 1 aromatic rings. The highest BCUT2D eigenvalue weighted by molar-refractivity contribution is 7.90. The molecule has 0 amide bonds. The minimum atomic E-state index is -3.13. The monoisotopic (exact) mass is 240 g/mol. The van der Waals surface area contributed by atoms with Crippen molar-refractivity contribution in [2.24, 2.45) is 0 Å². The summed E-state index contributed by atoms with van der Waals surface area (Å²) in [5, 5.41) is 0. The van der Waals surface area contributed by atoms with Gasteiger partial charge in [-0.3, -0.25) is 0 Å². The van der Waals surface area contributed by atoms with Crippen molar-refractivity contribution in [3.63, 3.8) is 0 Å². The lowest BCUT2D eigenvalue weighted by atomic mass is 9.97. The highest BCUT2D eigenvalue weighted by atomic mass is 32.2. The third-order valence-corrected chi connectivity index (χ3v) is 3.88. The number of benzene rings is 1. The average molecular weight is 240 g/mol. The van der Waals surface area contributed by atoms with Crippen molar-refractivity contribution < 1.29 is 8.42 Å². The Morgan fingerprint density at radius 2 is 1.56 bits per heavy atom. The lowest BCUT2D eigenvalue weighted by molar-refractivity contribution is 0.599. The van der Waals surface area contributed by atoms with Gasteiger partial charge >= 0.3 is 0 Å². The fourth-order valence-electron chi connectivity index (χ4n) is 1.71. The van der Waals surface area contributed by atoms with Crippen LogP contribution >= 0.6 is 0 Å². The van der Waals surface area contributed by atoms with Crippen LogP contribution in [-0.4, -0.2) is 14.7 Å². The Morgan fingerprint density at radius 1 is 1.00 bits per heavy atom. The molecular weight excluding hydrogens is 220 g/mol. The SMILES string of the molecule is CC(C)c1ccc(C(C)C)c(S(C)(=O)=O)c1. The van der Waals surface area contributed by atoms with E-state index in [0.29, 0.717) is 10.8 Å². The van der Waals surface area contributed by atoms with Gasteiger partial charge in [0.25, 0.3) is 0 Å². The molecule has 0 aliphatic carbocycles. The molecule has 0 unspecified atom stereocenters. The van der Waals surface area contributed by atoms with E-state index in [1.807, 2.05) is 32.0 Å². The van der Waals surface area contributed by atoms with E-state index in [2.05, 4.69) is 13.8 Å². The first-order valence-corrected chi connectivity index (χ1v) is 7.46. The minimum absolute atomic E-state index is 0.228. The highest BCUT2D eigenvalue weighted by Crippen LogP contribution is 2.27. The van der Waals surface area contributed by atoms with Crippen LogP contribution in [0.25, 0.3) is 0 Å². The van der Waals surface area contributed by atoms with Gasteiger partial charge in [-0.15, -0.1) is 0 Å². The maximum atomic E-state index is 11.7. The topological polar surface area (TPSA) is 34.1 Å². The Labute approximate surface area is 98.6 Å². The van der Waals surface area contributed by atoms with Gasteiger partial charge in [0, 0.05) is 6.26 Å². The van der Waals surface area contributed by atoms with Crippen LogP contribution in [0.15, 0.2) is 23.1 Å². The molecule has 0 atom stereocenters. The molecule has 0 aliphatic heterocycles. The van der Waals surface area contributed by atoms with E-state index >= 15 is 0 Å². The predicted molar refractivity (Wildman–Crippen MR) is 67.7 cm³/mol. The quantitative estimate of drug-likeness (QED) is 0.812. The summed E-state index contributed by atoms with van der Waals surface area (Å²) in [6.07, 6.45) is 1.28. The van der Waals surface area contributed by atoms with E-state index in [-0.39, 0.29) is 5.92 Å². The number of hydrogen-bond acceptors (Lipinski definition) is 2. The van der Waals surface area contributed by atoms with E-state index in [1.165, 1.54) is 6.26 Å². The zero-order chi connectivity index (χ0) is 12.5. The summed E-state index contributed by atoms with van der Waals surface area (Å²) < 4.78 is 23.5. The Bertz CT molecular complexity index is 471. The fraction of sp³-hybridized carbons (Fsp3) is 0.538. The number of hydrogen-bond donors (Lipinski definition) is 0. The second-order valence-electron chi connectivity index (χ2n) is 4.88. The standard InChI is InChI=1S/C13H20O2S/c1-9(2)11-6-7-12(10(3)4)13(8-11)16(5,14)15/h6-10H,1-5H3. The Kier molecular flexibility index (Phi) is 3.79. The van der Waals surface area contributed by atoms with Crippen LogP contribution in [0, 0.1) is 0 Å². The summed E-state index contributed by atoms with van der Waals surface area (Å²) in [6, 6.07) is 5.78. The van der Waals surface area contributed by atoms with Gasteiger partial charge in [-0.1, -0.05) is 39.8 Å². The zero-order valence-electron chi connectivity index (χ0n) is 10.6. The van der Waals surface area contributed by atoms with Crippen LogP contribution in [0.2, 0.25) is 0 Å². The third-order valence-electron chi connectivity index (χ3n) is 2.73. The summed E-state index contributed by atoms with van der Waals surface area (Å²) in [6.45, 7) is 8.16. The molecule has 16 heavy (non-hydrogen) atoms. The smallest absolute Gasteiger partial charge is 0.175 e. The van der Waals surface area contributed by atoms with E-state index in [1.54, 1.807) is 0 Å². The predicted octanol–water partition coefficient (Wildman–Crippen LogP) is 3.34. The molecule has 0 fully saturated rings. The maximum Gasteiger partial charge on any atom is 0.175 e. The van der Waals surface area contributed by atoms with Crippen molar-refractivity contribution in [1.82, 2.24) is 0 Å². The molecule has 0 radical (unpaired) electrons. The van der Waals surface area contributed by atoms with Gasteiger partial charge in [0.15, 0.2) is 9.84 Å². The normalized spacial score (nSPS) is 12.4. The first-order chi connectivity index (χ1) is 7.23. The first-order valence-electron chi connectivity index (χ1n) is 5.57. The lowest BCUT2D eigenvalue weighted by Crippen LogP contribution is -2.05. The van der Waals surface area contributed by atoms with Gasteiger partial charge in [0.1, 0.15) is 0 Å². The van der Waals surface area contributed by atoms with Gasteiger partial charge in [-0.2, -0.15) is 0 Å². The average Bonchev–Trinajstić information content (AvgIpc) is 2.15. The van der Waals surface area contributed by atoms with Crippen molar-refractivity contribution in [3.8, 4) is 0 Å². The number of rotatable bonds is 3. The molecular formula is C13H20O2S. The Hall–Kier alpha value is -0.830. The molecule has 0 heterocycles. The number of sulfone groups is 1. The van der Waals surface area contributed by atoms with Gasteiger partial charge in [-0.25, -0.2) is 8.42 Å². The molecule has 0 bridgehead atoms. The minimum Gasteiger partial charge on any atom is -0.224 e. The molecule has 90 valence electrons. The Morgan fingerprint density at radius 3 is 1.94 bits per heavy atom. The third kappa shape index (κ3) is 2.85. The summed E-state index contributed by atoms with van der Waals surface area (Å²) in [5.74, 6) is 0.577. The van der Waals surface area contributed by atoms with Crippen molar-refractivity contribution in [1.29, 1.82) is 0 Å². The molecule has 2 nitrogen and oxygen atoms in total. The second-order valence-corrected chi connectivity index (χ2v) is 6.86. The molecule has 0 saturated heterocycles. The largest absolute Gasteiger partial charge is 0.224 e. The van der Waals surface area contributed by atoms with Gasteiger partial charge in [0.05, 0.1) is 4.90 Å². The molecule has 0 saturated carbocycles. The molecule has 1 rings (SSSR count). The van der Waals surface area contributed by atoms with Crippen LogP contribution in [0.4, 0.5) is 0 Å². The summed E-state index contributed by atoms with van der Waals surface area (Å²) in [4.78, 5) is 0.480. The van der Waals surface area contributed by atoms with Crippen LogP contribution < -0.4 is 0 Å². The summed E-state index contributed by atoms with van der Waals surface area (Å²) in [7, 11) is -3.13. The van der Waals surface area contributed by atoms with E-state index in [4.69, 9.17) is 0 Å². The van der Waals surface area contributed by atoms with E-state index in [0.717, 1.165) is 11.1 Å². The highest BCUT2D eigenvalue weighted by Gasteiger charge is 2.16. The first kappa shape index (κ1) is 13.2. The van der Waals surface area contributed by atoms with Gasteiger partial charge < -0.3 is 0 Å². The van der Waals surface area contributed by atoms with Crippen molar-refractivity contribution in [2.75, 3.05) is 6.26 Å². The van der Waals surface area contributed by atoms with Gasteiger partial charge in [-0.05, 0) is 29.0 Å². The van der Waals surface area contributed by atoms with Gasteiger partial charge in [0.2, 0.25) is 0 Å². The summed E-state index contributed by atoms with van der Waals surface area (Å²) in [5.41, 5.74) is 1.98. The van der Waals surface area contributed by atoms with E-state index in [9.17, 15) is 8.42 Å². The van der Waals surface area contributed by atoms with Crippen LogP contribution in [0.1, 0.15) is 50.7 Å². The molecule has 3 heteroatoms. The molecule has 0 spiro atoms. The molecule has 0 aliphatic rings. The Balaban J connectivity index is 3.45. The van der Waals surface area contributed by atoms with Crippen LogP contribution in [-0.2, 0) is 9.84 Å². The van der Waals surface area contributed by atoms with Crippen molar-refractivity contribution in [3.05, 3.63) is 29.3 Å². The lowest BCUT2D eigenvalue weighted by Gasteiger charge is -2.14. The van der Waals surface area contributed by atoms with Crippen LogP contribution in [0.3, 0.4) is 0 Å². The van der Waals surface area contributed by atoms with Crippen molar-refractivity contribution >= 4 is 9.84 Å². The van der Waals surface area contributed by atoms with Crippen molar-refractivity contribution in [2.45, 2.75) is 44.4 Å². The second kappa shape index (κ2) is 4.58. The molecule has 0 aromatic heterocycles. The van der Waals surface area contributed by atoms with E-state index < -0.39 is 9.84 Å². The zero-order valence-corrected chi connectivity index (χ0v) is 11.4.